The topological polar surface area (TPSA) is 40.5 Å². The molecule has 1 unspecified atom stereocenters. The van der Waals surface area contributed by atoms with Gasteiger partial charge in [0, 0.05) is 11.6 Å². The predicted molar refractivity (Wildman–Crippen MR) is 112 cm³/mol. The Hall–Kier alpha value is -1.99. The fourth-order valence-electron chi connectivity index (χ4n) is 4.26. The minimum Gasteiger partial charge on any atom is -0.481 e. The van der Waals surface area contributed by atoms with Crippen molar-refractivity contribution >= 4 is 29.2 Å². The van der Waals surface area contributed by atoms with Gasteiger partial charge in [-0.15, -0.1) is 0 Å². The lowest BCUT2D eigenvalue weighted by Crippen LogP contribution is -2.38. The van der Waals surface area contributed by atoms with E-state index in [9.17, 15) is 9.90 Å². The number of likely N-dealkylation sites (tertiary alicyclic amines) is 1. The van der Waals surface area contributed by atoms with Crippen molar-refractivity contribution in [2.24, 2.45) is 5.92 Å². The van der Waals surface area contributed by atoms with Crippen molar-refractivity contribution in [3.63, 3.8) is 0 Å². The zero-order chi connectivity index (χ0) is 19.7. The Morgan fingerprint density at radius 1 is 1.04 bits per heavy atom. The first-order valence-electron chi connectivity index (χ1n) is 9.58. The highest BCUT2D eigenvalue weighted by molar-refractivity contribution is 6.36. The van der Waals surface area contributed by atoms with Crippen molar-refractivity contribution < 1.29 is 9.90 Å². The van der Waals surface area contributed by atoms with Gasteiger partial charge in [-0.1, -0.05) is 47.2 Å². The molecule has 144 valence electrons. The average Bonchev–Trinajstić information content (AvgIpc) is 3.11. The Balaban J connectivity index is 1.51. The van der Waals surface area contributed by atoms with E-state index < -0.39 is 5.97 Å². The molecule has 2 aromatic rings. The third kappa shape index (κ3) is 3.91. The Morgan fingerprint density at radius 3 is 2.43 bits per heavy atom. The van der Waals surface area contributed by atoms with E-state index in [0.29, 0.717) is 21.7 Å². The Bertz CT molecular complexity index is 948. The number of carboxylic acid groups (broad SMARTS) is 1. The third-order valence-corrected chi connectivity index (χ3v) is 6.43. The van der Waals surface area contributed by atoms with E-state index in [1.54, 1.807) is 12.1 Å². The number of carbonyl (C=O) groups is 1. The normalized spacial score (nSPS) is 19.7. The summed E-state index contributed by atoms with van der Waals surface area (Å²) in [5.41, 5.74) is 4.31. The van der Waals surface area contributed by atoms with Crippen LogP contribution in [-0.4, -0.2) is 29.1 Å². The van der Waals surface area contributed by atoms with Gasteiger partial charge in [0.1, 0.15) is 0 Å². The molecule has 28 heavy (non-hydrogen) atoms. The van der Waals surface area contributed by atoms with Crippen LogP contribution in [0.25, 0.3) is 0 Å². The van der Waals surface area contributed by atoms with Gasteiger partial charge in [0.25, 0.3) is 0 Å². The van der Waals surface area contributed by atoms with Crippen LogP contribution in [0.1, 0.15) is 47.6 Å². The highest BCUT2D eigenvalue weighted by Crippen LogP contribution is 2.38. The number of aliphatic carboxylic acids is 1. The van der Waals surface area contributed by atoms with Crippen molar-refractivity contribution in [1.82, 2.24) is 4.90 Å². The molecule has 1 fully saturated rings. The van der Waals surface area contributed by atoms with Crippen molar-refractivity contribution in [3.8, 4) is 11.8 Å². The molecule has 5 heteroatoms. The van der Waals surface area contributed by atoms with E-state index in [1.807, 2.05) is 6.07 Å². The minimum absolute atomic E-state index is 0.189. The van der Waals surface area contributed by atoms with Gasteiger partial charge in [0.05, 0.1) is 21.5 Å². The van der Waals surface area contributed by atoms with E-state index in [0.717, 1.165) is 44.3 Å². The van der Waals surface area contributed by atoms with Crippen molar-refractivity contribution in [2.75, 3.05) is 13.1 Å². The maximum atomic E-state index is 11.2. The maximum absolute atomic E-state index is 11.2. The lowest BCUT2D eigenvalue weighted by molar-refractivity contribution is -0.143. The molecule has 1 heterocycles. The van der Waals surface area contributed by atoms with Gasteiger partial charge in [-0.2, -0.15) is 0 Å². The van der Waals surface area contributed by atoms with E-state index in [4.69, 9.17) is 23.2 Å². The smallest absolute Gasteiger partial charge is 0.306 e. The summed E-state index contributed by atoms with van der Waals surface area (Å²) < 4.78 is 0. The van der Waals surface area contributed by atoms with Gasteiger partial charge in [-0.25, -0.2) is 0 Å². The van der Waals surface area contributed by atoms with Crippen LogP contribution in [0.5, 0.6) is 0 Å². The summed E-state index contributed by atoms with van der Waals surface area (Å²) in [6.07, 6.45) is 3.59. The van der Waals surface area contributed by atoms with Crippen LogP contribution in [0, 0.1) is 17.8 Å². The first kappa shape index (κ1) is 19.3. The molecular weight excluding hydrogens is 393 g/mol. The Labute approximate surface area is 175 Å². The fourth-order valence-corrected chi connectivity index (χ4v) is 4.75. The molecular formula is C23H21Cl2NO2. The molecule has 0 aromatic heterocycles. The molecule has 2 aromatic carbocycles. The third-order valence-electron chi connectivity index (χ3n) is 5.80. The average molecular weight is 414 g/mol. The number of carboxylic acids is 1. The summed E-state index contributed by atoms with van der Waals surface area (Å²) in [5, 5.41) is 10.3. The van der Waals surface area contributed by atoms with Crippen LogP contribution in [0.2, 0.25) is 10.0 Å². The van der Waals surface area contributed by atoms with Gasteiger partial charge >= 0.3 is 5.97 Å². The molecule has 0 bridgehead atoms. The Kier molecular flexibility index (Phi) is 5.64. The van der Waals surface area contributed by atoms with Gasteiger partial charge in [0.2, 0.25) is 0 Å². The van der Waals surface area contributed by atoms with Crippen LogP contribution >= 0.6 is 23.2 Å². The number of aryl methyl sites for hydroxylation is 1. The second-order valence-electron chi connectivity index (χ2n) is 7.46. The molecule has 0 amide bonds. The van der Waals surface area contributed by atoms with E-state index in [1.165, 1.54) is 11.1 Å². The van der Waals surface area contributed by atoms with Crippen LogP contribution in [0.4, 0.5) is 0 Å². The molecule has 1 atom stereocenters. The van der Waals surface area contributed by atoms with Gasteiger partial charge in [0.15, 0.2) is 0 Å². The fraction of sp³-hybridized carbons (Fsp3) is 0.348. The van der Waals surface area contributed by atoms with Crippen LogP contribution in [0.15, 0.2) is 36.4 Å². The van der Waals surface area contributed by atoms with Crippen LogP contribution in [-0.2, 0) is 11.2 Å². The lowest BCUT2D eigenvalue weighted by atomic mass is 9.94. The molecule has 1 saturated heterocycles. The van der Waals surface area contributed by atoms with Crippen LogP contribution < -0.4 is 0 Å². The quantitative estimate of drug-likeness (QED) is 0.689. The summed E-state index contributed by atoms with van der Waals surface area (Å²) >= 11 is 12.4. The number of piperidine rings is 1. The zero-order valence-corrected chi connectivity index (χ0v) is 16.9. The van der Waals surface area contributed by atoms with Gasteiger partial charge < -0.3 is 5.11 Å². The van der Waals surface area contributed by atoms with E-state index in [-0.39, 0.29) is 5.92 Å². The number of fused-ring (bicyclic) bond motifs is 1. The highest BCUT2D eigenvalue weighted by Gasteiger charge is 2.32. The highest BCUT2D eigenvalue weighted by atomic mass is 35.5. The molecule has 4 rings (SSSR count). The molecule has 1 N–H and O–H groups in total. The molecule has 2 aliphatic rings. The van der Waals surface area contributed by atoms with Crippen molar-refractivity contribution in [1.29, 1.82) is 0 Å². The minimum atomic E-state index is -0.659. The van der Waals surface area contributed by atoms with Gasteiger partial charge in [-0.05, 0) is 74.2 Å². The predicted octanol–water partition coefficient (Wildman–Crippen LogP) is 5.18. The summed E-state index contributed by atoms with van der Waals surface area (Å²) in [6, 6.07) is 12.2. The zero-order valence-electron chi connectivity index (χ0n) is 15.4. The number of hydrogen-bond acceptors (Lipinski definition) is 2. The standard InChI is InChI=1S/C23H21Cl2NO2/c24-20-2-1-3-21(25)19(20)8-5-15-4-7-18-17(14-15)6-9-22(18)26-12-10-16(11-13-26)23(27)28/h1-4,7,14,16,22H,6,9-13H2,(H,27,28). The monoisotopic (exact) mass is 413 g/mol. The number of nitrogens with zero attached hydrogens (tertiary/aromatic N) is 1. The largest absolute Gasteiger partial charge is 0.481 e. The number of hydrogen-bond donors (Lipinski definition) is 1. The second-order valence-corrected chi connectivity index (χ2v) is 8.28. The second kappa shape index (κ2) is 8.17. The molecule has 1 aliphatic carbocycles. The Morgan fingerprint density at radius 2 is 1.75 bits per heavy atom. The SMILES string of the molecule is O=C(O)C1CCN(C2CCc3cc(C#Cc4c(Cl)cccc4Cl)ccc32)CC1. The maximum Gasteiger partial charge on any atom is 0.306 e. The van der Waals surface area contributed by atoms with E-state index in [2.05, 4.69) is 34.9 Å². The number of rotatable bonds is 2. The summed E-state index contributed by atoms with van der Waals surface area (Å²) in [7, 11) is 0. The lowest BCUT2D eigenvalue weighted by Gasteiger charge is -2.35. The molecule has 0 spiro atoms. The van der Waals surface area contributed by atoms with Gasteiger partial charge in [-0.3, -0.25) is 9.69 Å². The first-order valence-corrected chi connectivity index (χ1v) is 10.3. The summed E-state index contributed by atoms with van der Waals surface area (Å²) in [6.45, 7) is 1.71. The molecule has 0 radical (unpaired) electrons. The summed E-state index contributed by atoms with van der Waals surface area (Å²) in [5.74, 6) is 5.44. The number of halogens is 2. The molecule has 3 nitrogen and oxygen atoms in total. The van der Waals surface area contributed by atoms with Crippen molar-refractivity contribution in [3.05, 3.63) is 68.7 Å². The van der Waals surface area contributed by atoms with Crippen LogP contribution in [0.3, 0.4) is 0 Å². The molecule has 0 saturated carbocycles. The first-order chi connectivity index (χ1) is 13.5. The van der Waals surface area contributed by atoms with Crippen molar-refractivity contribution in [2.45, 2.75) is 31.7 Å². The summed E-state index contributed by atoms with van der Waals surface area (Å²) in [4.78, 5) is 13.6. The van der Waals surface area contributed by atoms with E-state index >= 15 is 0 Å². The molecule has 1 aliphatic heterocycles. The number of benzene rings is 2.